The largest absolute Gasteiger partial charge is 0.508 e. The van der Waals surface area contributed by atoms with Crippen molar-refractivity contribution in [2.45, 2.75) is 38.3 Å². The van der Waals surface area contributed by atoms with E-state index in [-0.39, 0.29) is 17.8 Å². The molecule has 21 heavy (non-hydrogen) atoms. The van der Waals surface area contributed by atoms with Gasteiger partial charge in [-0.1, -0.05) is 30.3 Å². The lowest BCUT2D eigenvalue weighted by atomic mass is 9.87. The summed E-state index contributed by atoms with van der Waals surface area (Å²) in [7, 11) is 0. The van der Waals surface area contributed by atoms with Gasteiger partial charge in [-0.25, -0.2) is 4.39 Å². The molecular formula is C18H20FNO. The van der Waals surface area contributed by atoms with Crippen LogP contribution in [-0.4, -0.2) is 5.11 Å². The minimum atomic E-state index is -0.411. The highest BCUT2D eigenvalue weighted by molar-refractivity contribution is 5.36. The van der Waals surface area contributed by atoms with Crippen LogP contribution < -0.4 is 5.32 Å². The second-order valence-corrected chi connectivity index (χ2v) is 5.74. The lowest BCUT2D eigenvalue weighted by Gasteiger charge is -2.29. The number of nitrogens with one attached hydrogen (secondary N) is 1. The van der Waals surface area contributed by atoms with Crippen LogP contribution in [0.1, 0.15) is 48.5 Å². The van der Waals surface area contributed by atoms with Crippen molar-refractivity contribution in [1.82, 2.24) is 5.32 Å². The Morgan fingerprint density at radius 3 is 2.86 bits per heavy atom. The van der Waals surface area contributed by atoms with Gasteiger partial charge in [-0.2, -0.15) is 0 Å². The number of hydrogen-bond acceptors (Lipinski definition) is 2. The van der Waals surface area contributed by atoms with Gasteiger partial charge >= 0.3 is 0 Å². The van der Waals surface area contributed by atoms with Crippen molar-refractivity contribution in [1.29, 1.82) is 0 Å². The van der Waals surface area contributed by atoms with Gasteiger partial charge in [0.05, 0.1) is 0 Å². The van der Waals surface area contributed by atoms with Gasteiger partial charge in [-0.3, -0.25) is 0 Å². The van der Waals surface area contributed by atoms with E-state index in [1.165, 1.54) is 23.3 Å². The Kier molecular flexibility index (Phi) is 3.93. The minimum absolute atomic E-state index is 0.0131. The standard InChI is InChI=1S/C18H20FNO/c1-12(15-10-9-14(19)11-18(15)21)20-17-8-4-6-13-5-2-3-7-16(13)17/h2-3,5,7,9-12,17,20-21H,4,6,8H2,1H3. The van der Waals surface area contributed by atoms with E-state index in [2.05, 4.69) is 29.6 Å². The number of aryl methyl sites for hydroxylation is 1. The molecule has 0 amide bonds. The second-order valence-electron chi connectivity index (χ2n) is 5.74. The molecule has 110 valence electrons. The summed E-state index contributed by atoms with van der Waals surface area (Å²) < 4.78 is 13.1. The number of aromatic hydroxyl groups is 1. The van der Waals surface area contributed by atoms with E-state index in [0.717, 1.165) is 24.8 Å². The molecule has 3 heteroatoms. The summed E-state index contributed by atoms with van der Waals surface area (Å²) in [5, 5.41) is 13.5. The van der Waals surface area contributed by atoms with Crippen molar-refractivity contribution >= 4 is 0 Å². The van der Waals surface area contributed by atoms with Crippen molar-refractivity contribution in [2.75, 3.05) is 0 Å². The Bertz CT molecular complexity index is 641. The van der Waals surface area contributed by atoms with Crippen LogP contribution >= 0.6 is 0 Å². The van der Waals surface area contributed by atoms with Crippen molar-refractivity contribution < 1.29 is 9.50 Å². The molecule has 3 rings (SSSR count). The maximum Gasteiger partial charge on any atom is 0.126 e. The summed E-state index contributed by atoms with van der Waals surface area (Å²) in [6, 6.07) is 13.0. The summed E-state index contributed by atoms with van der Waals surface area (Å²) in [5.41, 5.74) is 3.48. The summed E-state index contributed by atoms with van der Waals surface area (Å²) in [4.78, 5) is 0. The average molecular weight is 285 g/mol. The fourth-order valence-corrected chi connectivity index (χ4v) is 3.20. The van der Waals surface area contributed by atoms with E-state index in [0.29, 0.717) is 0 Å². The molecule has 2 nitrogen and oxygen atoms in total. The van der Waals surface area contributed by atoms with Crippen molar-refractivity contribution in [3.8, 4) is 5.75 Å². The van der Waals surface area contributed by atoms with Gasteiger partial charge in [0, 0.05) is 23.7 Å². The second kappa shape index (κ2) is 5.86. The molecule has 2 unspecified atom stereocenters. The third kappa shape index (κ3) is 2.93. The van der Waals surface area contributed by atoms with Crippen LogP contribution in [0.3, 0.4) is 0 Å². The Labute approximate surface area is 124 Å². The monoisotopic (exact) mass is 285 g/mol. The molecule has 0 saturated carbocycles. The van der Waals surface area contributed by atoms with E-state index < -0.39 is 5.82 Å². The first-order chi connectivity index (χ1) is 10.1. The molecule has 2 aromatic rings. The van der Waals surface area contributed by atoms with Crippen LogP contribution in [0.4, 0.5) is 4.39 Å². The van der Waals surface area contributed by atoms with Crippen LogP contribution in [-0.2, 0) is 6.42 Å². The van der Waals surface area contributed by atoms with Crippen LogP contribution in [0.25, 0.3) is 0 Å². The highest BCUT2D eigenvalue weighted by Crippen LogP contribution is 2.33. The lowest BCUT2D eigenvalue weighted by molar-refractivity contribution is 0.398. The highest BCUT2D eigenvalue weighted by Gasteiger charge is 2.22. The first-order valence-electron chi connectivity index (χ1n) is 7.47. The number of hydrogen-bond donors (Lipinski definition) is 2. The Balaban J connectivity index is 1.81. The van der Waals surface area contributed by atoms with Crippen molar-refractivity contribution in [2.24, 2.45) is 0 Å². The maximum absolute atomic E-state index is 13.1. The SMILES string of the molecule is CC(NC1CCCc2ccccc21)c1ccc(F)cc1O. The summed E-state index contributed by atoms with van der Waals surface area (Å²) in [6.07, 6.45) is 3.38. The Hall–Kier alpha value is -1.87. The number of phenolic OH excluding ortho intramolecular Hbond substituents is 1. The predicted molar refractivity (Wildman–Crippen MR) is 81.7 cm³/mol. The molecule has 0 heterocycles. The number of benzene rings is 2. The molecule has 0 radical (unpaired) electrons. The van der Waals surface area contributed by atoms with Gasteiger partial charge in [0.1, 0.15) is 11.6 Å². The fraction of sp³-hybridized carbons (Fsp3) is 0.333. The van der Waals surface area contributed by atoms with Gasteiger partial charge < -0.3 is 10.4 Å². The maximum atomic E-state index is 13.1. The molecule has 1 aliphatic carbocycles. The first kappa shape index (κ1) is 14.1. The zero-order valence-electron chi connectivity index (χ0n) is 12.1. The quantitative estimate of drug-likeness (QED) is 0.883. The fourth-order valence-electron chi connectivity index (χ4n) is 3.20. The number of fused-ring (bicyclic) bond motifs is 1. The topological polar surface area (TPSA) is 32.3 Å². The summed E-state index contributed by atoms with van der Waals surface area (Å²) >= 11 is 0. The molecule has 0 bridgehead atoms. The molecule has 1 aliphatic rings. The van der Waals surface area contributed by atoms with Gasteiger partial charge in [0.2, 0.25) is 0 Å². The average Bonchev–Trinajstić information content (AvgIpc) is 2.47. The van der Waals surface area contributed by atoms with E-state index >= 15 is 0 Å². The molecule has 2 N–H and O–H groups in total. The Morgan fingerprint density at radius 1 is 1.24 bits per heavy atom. The number of halogens is 1. The molecular weight excluding hydrogens is 265 g/mol. The van der Waals surface area contributed by atoms with Crippen LogP contribution in [0.5, 0.6) is 5.75 Å². The molecule has 0 aromatic heterocycles. The number of phenols is 1. The van der Waals surface area contributed by atoms with E-state index in [1.54, 1.807) is 6.07 Å². The third-order valence-electron chi connectivity index (χ3n) is 4.28. The molecule has 0 saturated heterocycles. The van der Waals surface area contributed by atoms with E-state index in [9.17, 15) is 9.50 Å². The number of rotatable bonds is 3. The van der Waals surface area contributed by atoms with Gasteiger partial charge in [0.25, 0.3) is 0 Å². The van der Waals surface area contributed by atoms with Gasteiger partial charge in [-0.15, -0.1) is 0 Å². The smallest absolute Gasteiger partial charge is 0.126 e. The lowest BCUT2D eigenvalue weighted by Crippen LogP contribution is -2.27. The zero-order chi connectivity index (χ0) is 14.8. The summed E-state index contributed by atoms with van der Waals surface area (Å²) in [6.45, 7) is 2.00. The van der Waals surface area contributed by atoms with Crippen molar-refractivity contribution in [3.05, 3.63) is 65.0 Å². The first-order valence-corrected chi connectivity index (χ1v) is 7.47. The molecule has 2 aromatic carbocycles. The zero-order valence-corrected chi connectivity index (χ0v) is 12.1. The van der Waals surface area contributed by atoms with Crippen LogP contribution in [0.2, 0.25) is 0 Å². The van der Waals surface area contributed by atoms with Gasteiger partial charge in [-0.05, 0) is 43.4 Å². The van der Waals surface area contributed by atoms with Crippen LogP contribution in [0.15, 0.2) is 42.5 Å². The van der Waals surface area contributed by atoms with Gasteiger partial charge in [0.15, 0.2) is 0 Å². The minimum Gasteiger partial charge on any atom is -0.508 e. The molecule has 0 fully saturated rings. The molecule has 2 atom stereocenters. The third-order valence-corrected chi connectivity index (χ3v) is 4.28. The van der Waals surface area contributed by atoms with E-state index in [1.807, 2.05) is 6.92 Å². The summed E-state index contributed by atoms with van der Waals surface area (Å²) in [5.74, 6) is -0.398. The normalized spacial score (nSPS) is 19.0. The molecule has 0 spiro atoms. The van der Waals surface area contributed by atoms with Crippen molar-refractivity contribution in [3.63, 3.8) is 0 Å². The predicted octanol–water partition coefficient (Wildman–Crippen LogP) is 4.26. The van der Waals surface area contributed by atoms with E-state index in [4.69, 9.17) is 0 Å². The highest BCUT2D eigenvalue weighted by atomic mass is 19.1. The Morgan fingerprint density at radius 2 is 2.05 bits per heavy atom. The molecule has 0 aliphatic heterocycles. The van der Waals surface area contributed by atoms with Crippen LogP contribution in [0, 0.1) is 5.82 Å².